The number of nitrogens with one attached hydrogen (secondary N) is 1. The van der Waals surface area contributed by atoms with Crippen LogP contribution in [0.5, 0.6) is 0 Å². The van der Waals surface area contributed by atoms with Gasteiger partial charge in [-0.05, 0) is 49.4 Å². The maximum atomic E-state index is 13.7. The van der Waals surface area contributed by atoms with Crippen molar-refractivity contribution in [3.63, 3.8) is 0 Å². The molecule has 0 bridgehead atoms. The van der Waals surface area contributed by atoms with Crippen molar-refractivity contribution in [2.24, 2.45) is 0 Å². The van der Waals surface area contributed by atoms with E-state index >= 15 is 0 Å². The Morgan fingerprint density at radius 1 is 1.19 bits per heavy atom. The molecule has 2 heterocycles. The van der Waals surface area contributed by atoms with E-state index in [1.54, 1.807) is 9.58 Å². The van der Waals surface area contributed by atoms with Crippen LogP contribution < -0.4 is 5.32 Å². The summed E-state index contributed by atoms with van der Waals surface area (Å²) in [6.07, 6.45) is 6.71. The second-order valence-electron chi connectivity index (χ2n) is 9.72. The summed E-state index contributed by atoms with van der Waals surface area (Å²) >= 11 is 6.05. The van der Waals surface area contributed by atoms with Crippen LogP contribution in [0.25, 0.3) is 0 Å². The number of hydrogen-bond donors (Lipinski definition) is 1. The second kappa shape index (κ2) is 9.26. The number of carbonyl (C=O) groups is 2. The van der Waals surface area contributed by atoms with Crippen molar-refractivity contribution in [1.29, 1.82) is 0 Å². The van der Waals surface area contributed by atoms with Gasteiger partial charge >= 0.3 is 0 Å². The van der Waals surface area contributed by atoms with Crippen molar-refractivity contribution in [3.05, 3.63) is 52.3 Å². The molecule has 0 saturated heterocycles. The number of amides is 2. The molecule has 32 heavy (non-hydrogen) atoms. The third-order valence-electron chi connectivity index (χ3n) is 6.84. The van der Waals surface area contributed by atoms with E-state index in [2.05, 4.69) is 24.3 Å². The Kier molecular flexibility index (Phi) is 6.61. The van der Waals surface area contributed by atoms with Crippen LogP contribution in [0.3, 0.4) is 0 Å². The Morgan fingerprint density at radius 3 is 2.47 bits per heavy atom. The largest absolute Gasteiger partial charge is 0.351 e. The summed E-state index contributed by atoms with van der Waals surface area (Å²) in [4.78, 5) is 29.0. The highest BCUT2D eigenvalue weighted by Gasteiger charge is 2.48. The van der Waals surface area contributed by atoms with Crippen molar-refractivity contribution in [2.75, 3.05) is 0 Å². The van der Waals surface area contributed by atoms with E-state index in [0.717, 1.165) is 36.9 Å². The molecule has 1 aliphatic carbocycles. The number of benzene rings is 1. The van der Waals surface area contributed by atoms with Gasteiger partial charge in [0.1, 0.15) is 11.2 Å². The van der Waals surface area contributed by atoms with Crippen LogP contribution in [0.4, 0.5) is 0 Å². The van der Waals surface area contributed by atoms with Gasteiger partial charge in [-0.2, -0.15) is 5.10 Å². The lowest BCUT2D eigenvalue weighted by Crippen LogP contribution is -2.64. The van der Waals surface area contributed by atoms with E-state index in [9.17, 15) is 9.59 Å². The Labute approximate surface area is 195 Å². The van der Waals surface area contributed by atoms with Crippen LogP contribution in [0.1, 0.15) is 87.0 Å². The van der Waals surface area contributed by atoms with Gasteiger partial charge in [-0.1, -0.05) is 63.3 Å². The summed E-state index contributed by atoms with van der Waals surface area (Å²) in [5.41, 5.74) is 1.32. The van der Waals surface area contributed by atoms with Gasteiger partial charge in [-0.15, -0.1) is 0 Å². The molecule has 1 aromatic heterocycles. The number of carbonyl (C=O) groups excluding carboxylic acids is 2. The maximum absolute atomic E-state index is 13.7. The van der Waals surface area contributed by atoms with E-state index in [1.807, 2.05) is 37.3 Å². The number of hydrogen-bond acceptors (Lipinski definition) is 3. The van der Waals surface area contributed by atoms with E-state index < -0.39 is 5.54 Å². The summed E-state index contributed by atoms with van der Waals surface area (Å²) in [6.45, 7) is 6.66. The van der Waals surface area contributed by atoms with Crippen molar-refractivity contribution in [3.8, 4) is 0 Å². The van der Waals surface area contributed by atoms with E-state index in [4.69, 9.17) is 11.6 Å². The second-order valence-corrected chi connectivity index (χ2v) is 10.2. The van der Waals surface area contributed by atoms with E-state index in [-0.39, 0.29) is 23.8 Å². The molecule has 0 unspecified atom stereocenters. The molecule has 1 N–H and O–H groups in total. The van der Waals surface area contributed by atoms with Crippen LogP contribution in [-0.4, -0.2) is 38.1 Å². The summed E-state index contributed by atoms with van der Waals surface area (Å²) in [5.74, 6) is -0.0558. The van der Waals surface area contributed by atoms with E-state index in [1.165, 1.54) is 12.8 Å². The fourth-order valence-corrected chi connectivity index (χ4v) is 4.85. The van der Waals surface area contributed by atoms with E-state index in [0.29, 0.717) is 23.8 Å². The summed E-state index contributed by atoms with van der Waals surface area (Å²) in [6, 6.07) is 9.48. The zero-order valence-corrected chi connectivity index (χ0v) is 20.0. The predicted octanol–water partition coefficient (Wildman–Crippen LogP) is 4.91. The number of halogens is 1. The van der Waals surface area contributed by atoms with Crippen LogP contribution >= 0.6 is 11.6 Å². The zero-order chi connectivity index (χ0) is 22.9. The van der Waals surface area contributed by atoms with Crippen LogP contribution in [0, 0.1) is 0 Å². The van der Waals surface area contributed by atoms with Crippen LogP contribution in [0.2, 0.25) is 5.02 Å². The van der Waals surface area contributed by atoms with Gasteiger partial charge in [0, 0.05) is 17.6 Å². The van der Waals surface area contributed by atoms with Crippen LogP contribution in [-0.2, 0) is 17.9 Å². The van der Waals surface area contributed by atoms with Crippen molar-refractivity contribution < 1.29 is 9.59 Å². The average molecular weight is 457 g/mol. The van der Waals surface area contributed by atoms with Gasteiger partial charge in [0.05, 0.1) is 12.2 Å². The summed E-state index contributed by atoms with van der Waals surface area (Å²) in [7, 11) is 0. The topological polar surface area (TPSA) is 67.2 Å². The first-order valence-corrected chi connectivity index (χ1v) is 12.1. The molecule has 1 atom stereocenters. The van der Waals surface area contributed by atoms with Gasteiger partial charge in [0.25, 0.3) is 5.91 Å². The highest BCUT2D eigenvalue weighted by atomic mass is 35.5. The molecule has 0 spiro atoms. The number of aromatic nitrogens is 2. The average Bonchev–Trinajstić information content (AvgIpc) is 3.02. The molecule has 6 nitrogen and oxygen atoms in total. The monoisotopic (exact) mass is 456 g/mol. The molecule has 7 heteroatoms. The first-order chi connectivity index (χ1) is 15.3. The van der Waals surface area contributed by atoms with Crippen molar-refractivity contribution in [2.45, 2.75) is 89.9 Å². The zero-order valence-electron chi connectivity index (χ0n) is 19.2. The van der Waals surface area contributed by atoms with Crippen molar-refractivity contribution >= 4 is 23.4 Å². The van der Waals surface area contributed by atoms with Gasteiger partial charge < -0.3 is 10.2 Å². The molecule has 1 aromatic carbocycles. The van der Waals surface area contributed by atoms with Crippen LogP contribution in [0.15, 0.2) is 30.3 Å². The first kappa shape index (κ1) is 22.8. The third kappa shape index (κ3) is 4.56. The Bertz CT molecular complexity index is 976. The molecule has 1 saturated carbocycles. The molecule has 2 aromatic rings. The minimum Gasteiger partial charge on any atom is -0.351 e. The highest BCUT2D eigenvalue weighted by Crippen LogP contribution is 2.31. The smallest absolute Gasteiger partial charge is 0.273 e. The fourth-order valence-electron chi connectivity index (χ4n) is 4.73. The lowest BCUT2D eigenvalue weighted by Gasteiger charge is -2.44. The third-order valence-corrected chi connectivity index (χ3v) is 7.09. The SMILES string of the molecule is CC(C)c1cc2n(n1)C[C@](C)(C(=O)NC1CCCCCC1)N(Cc1ccc(Cl)cc1)C2=O. The Hall–Kier alpha value is -2.34. The quantitative estimate of drug-likeness (QED) is 0.649. The first-order valence-electron chi connectivity index (χ1n) is 11.7. The maximum Gasteiger partial charge on any atom is 0.273 e. The summed E-state index contributed by atoms with van der Waals surface area (Å²) < 4.78 is 1.72. The molecule has 172 valence electrons. The number of nitrogens with zero attached hydrogens (tertiary/aromatic N) is 3. The van der Waals surface area contributed by atoms with Gasteiger partial charge in [-0.3, -0.25) is 14.3 Å². The molecule has 4 rings (SSSR count). The summed E-state index contributed by atoms with van der Waals surface area (Å²) in [5, 5.41) is 8.59. The minimum absolute atomic E-state index is 0.0982. The molecule has 2 aliphatic rings. The van der Waals surface area contributed by atoms with Crippen molar-refractivity contribution in [1.82, 2.24) is 20.0 Å². The van der Waals surface area contributed by atoms with Gasteiger partial charge in [0.15, 0.2) is 0 Å². The molecule has 1 aliphatic heterocycles. The predicted molar refractivity (Wildman–Crippen MR) is 126 cm³/mol. The highest BCUT2D eigenvalue weighted by molar-refractivity contribution is 6.30. The minimum atomic E-state index is -1.03. The molecule has 0 radical (unpaired) electrons. The number of fused-ring (bicyclic) bond motifs is 1. The Morgan fingerprint density at radius 2 is 1.84 bits per heavy atom. The normalized spacial score (nSPS) is 22.0. The molecular weight excluding hydrogens is 424 g/mol. The van der Waals surface area contributed by atoms with Gasteiger partial charge in [0.2, 0.25) is 5.91 Å². The number of rotatable bonds is 5. The lowest BCUT2D eigenvalue weighted by atomic mass is 9.93. The molecular formula is C25H33ClN4O2. The molecule has 1 fully saturated rings. The standard InChI is InChI=1S/C25H33ClN4O2/c1-17(2)21-14-22-23(31)29(15-18-10-12-19(26)13-11-18)25(3,16-30(22)28-21)24(32)27-20-8-6-4-5-7-9-20/h10-14,17,20H,4-9,15-16H2,1-3H3,(H,27,32)/t25-/m1/s1. The lowest BCUT2D eigenvalue weighted by molar-refractivity contribution is -0.134. The van der Waals surface area contributed by atoms with Gasteiger partial charge in [-0.25, -0.2) is 0 Å². The fraction of sp³-hybridized carbons (Fsp3) is 0.560. The molecule has 2 amide bonds. The Balaban J connectivity index is 1.67.